The smallest absolute Gasteiger partial charge is 0.203 e. The van der Waals surface area contributed by atoms with Crippen molar-refractivity contribution in [3.05, 3.63) is 57.9 Å². The second kappa shape index (κ2) is 7.46. The van der Waals surface area contributed by atoms with Gasteiger partial charge in [0.05, 0.1) is 19.0 Å². The Kier molecular flexibility index (Phi) is 5.12. The molecule has 0 aliphatic heterocycles. The van der Waals surface area contributed by atoms with E-state index in [4.69, 9.17) is 4.74 Å². The second-order valence-electron chi connectivity index (χ2n) is 4.85. The van der Waals surface area contributed by atoms with E-state index in [-0.39, 0.29) is 5.75 Å². The summed E-state index contributed by atoms with van der Waals surface area (Å²) < 4.78 is 6.10. The summed E-state index contributed by atoms with van der Waals surface area (Å²) in [5, 5.41) is 16.4. The fourth-order valence-electron chi connectivity index (χ4n) is 2.01. The predicted octanol–water partition coefficient (Wildman–Crippen LogP) is 4.73. The number of aromatic hydroxyl groups is 1. The number of phenolic OH excluding ortho intramolecular Hbond substituents is 1. The molecular weight excluding hydrogens is 390 g/mol. The number of anilines is 1. The van der Waals surface area contributed by atoms with E-state index in [1.54, 1.807) is 24.4 Å². The van der Waals surface area contributed by atoms with E-state index in [0.29, 0.717) is 10.9 Å². The zero-order chi connectivity index (χ0) is 16.9. The largest absolute Gasteiger partial charge is 0.504 e. The number of rotatable bonds is 5. The summed E-state index contributed by atoms with van der Waals surface area (Å²) in [5.74, 6) is 0.507. The second-order valence-corrected chi connectivity index (χ2v) is 6.62. The lowest BCUT2D eigenvalue weighted by Gasteiger charge is -2.03. The van der Waals surface area contributed by atoms with E-state index < -0.39 is 0 Å². The summed E-state index contributed by atoms with van der Waals surface area (Å²) in [4.78, 5) is 4.50. The topological polar surface area (TPSA) is 66.7 Å². The SMILES string of the molecule is COc1cc(C=NNc2nc(-c3ccc(Br)cc3)cs2)ccc1O. The number of benzene rings is 2. The zero-order valence-corrected chi connectivity index (χ0v) is 15.1. The van der Waals surface area contributed by atoms with Gasteiger partial charge in [-0.2, -0.15) is 5.10 Å². The van der Waals surface area contributed by atoms with Crippen molar-refractivity contribution in [1.29, 1.82) is 0 Å². The molecule has 0 saturated heterocycles. The van der Waals surface area contributed by atoms with Crippen LogP contribution in [0.1, 0.15) is 5.56 Å². The highest BCUT2D eigenvalue weighted by atomic mass is 79.9. The predicted molar refractivity (Wildman–Crippen MR) is 101 cm³/mol. The first-order valence-electron chi connectivity index (χ1n) is 7.03. The van der Waals surface area contributed by atoms with Crippen molar-refractivity contribution in [3.63, 3.8) is 0 Å². The highest BCUT2D eigenvalue weighted by molar-refractivity contribution is 9.10. The van der Waals surface area contributed by atoms with Crippen LogP contribution in [-0.4, -0.2) is 23.4 Å². The van der Waals surface area contributed by atoms with E-state index in [0.717, 1.165) is 21.3 Å². The number of nitrogens with zero attached hydrogens (tertiary/aromatic N) is 2. The van der Waals surface area contributed by atoms with Crippen molar-refractivity contribution in [2.24, 2.45) is 5.10 Å². The van der Waals surface area contributed by atoms with Gasteiger partial charge in [-0.05, 0) is 35.9 Å². The summed E-state index contributed by atoms with van der Waals surface area (Å²) in [6.07, 6.45) is 1.64. The lowest BCUT2D eigenvalue weighted by atomic mass is 10.2. The minimum atomic E-state index is 0.0988. The van der Waals surface area contributed by atoms with Crippen LogP contribution in [-0.2, 0) is 0 Å². The van der Waals surface area contributed by atoms with E-state index in [1.165, 1.54) is 18.4 Å². The van der Waals surface area contributed by atoms with E-state index in [2.05, 4.69) is 31.4 Å². The van der Waals surface area contributed by atoms with Crippen molar-refractivity contribution in [2.75, 3.05) is 12.5 Å². The van der Waals surface area contributed by atoms with Gasteiger partial charge in [0.15, 0.2) is 11.5 Å². The molecule has 24 heavy (non-hydrogen) atoms. The Bertz CT molecular complexity index is 863. The van der Waals surface area contributed by atoms with Crippen LogP contribution in [0, 0.1) is 0 Å². The summed E-state index contributed by atoms with van der Waals surface area (Å²) in [7, 11) is 1.51. The Morgan fingerprint density at radius 1 is 1.25 bits per heavy atom. The molecule has 0 unspecified atom stereocenters. The molecule has 0 fully saturated rings. The summed E-state index contributed by atoms with van der Waals surface area (Å²) in [6.45, 7) is 0. The number of hydrogen-bond donors (Lipinski definition) is 2. The maximum atomic E-state index is 9.57. The molecule has 3 aromatic rings. The summed E-state index contributed by atoms with van der Waals surface area (Å²) in [6, 6.07) is 13.0. The first-order chi connectivity index (χ1) is 11.7. The number of nitrogens with one attached hydrogen (secondary N) is 1. The first kappa shape index (κ1) is 16.5. The number of aromatic nitrogens is 1. The van der Waals surface area contributed by atoms with Gasteiger partial charge in [-0.15, -0.1) is 11.3 Å². The number of phenols is 1. The molecule has 0 saturated carbocycles. The third-order valence-electron chi connectivity index (χ3n) is 3.22. The molecule has 0 amide bonds. The number of methoxy groups -OCH3 is 1. The molecule has 0 atom stereocenters. The van der Waals surface area contributed by atoms with Crippen molar-refractivity contribution in [1.82, 2.24) is 4.98 Å². The maximum absolute atomic E-state index is 9.57. The summed E-state index contributed by atoms with van der Waals surface area (Å²) in [5.41, 5.74) is 5.67. The molecule has 0 aliphatic rings. The van der Waals surface area contributed by atoms with Gasteiger partial charge in [0.1, 0.15) is 0 Å². The Labute approximate surface area is 151 Å². The Balaban J connectivity index is 1.68. The molecule has 1 aromatic heterocycles. The van der Waals surface area contributed by atoms with Gasteiger partial charge >= 0.3 is 0 Å². The maximum Gasteiger partial charge on any atom is 0.203 e. The van der Waals surface area contributed by atoms with Gasteiger partial charge in [-0.1, -0.05) is 28.1 Å². The summed E-state index contributed by atoms with van der Waals surface area (Å²) >= 11 is 4.90. The molecule has 2 aromatic carbocycles. The van der Waals surface area contributed by atoms with Crippen molar-refractivity contribution >= 4 is 38.6 Å². The van der Waals surface area contributed by atoms with Crippen LogP contribution in [0.15, 0.2) is 57.4 Å². The number of ether oxygens (including phenoxy) is 1. The van der Waals surface area contributed by atoms with Gasteiger partial charge < -0.3 is 9.84 Å². The van der Waals surface area contributed by atoms with Crippen LogP contribution >= 0.6 is 27.3 Å². The molecule has 122 valence electrons. The van der Waals surface area contributed by atoms with E-state index in [1.807, 2.05) is 29.6 Å². The van der Waals surface area contributed by atoms with Gasteiger partial charge in [-0.25, -0.2) is 4.98 Å². The lowest BCUT2D eigenvalue weighted by Crippen LogP contribution is -1.91. The van der Waals surface area contributed by atoms with Gasteiger partial charge in [0.25, 0.3) is 0 Å². The lowest BCUT2D eigenvalue weighted by molar-refractivity contribution is 0.373. The molecule has 7 heteroatoms. The highest BCUT2D eigenvalue weighted by Crippen LogP contribution is 2.27. The van der Waals surface area contributed by atoms with E-state index >= 15 is 0 Å². The first-order valence-corrected chi connectivity index (χ1v) is 8.70. The quantitative estimate of drug-likeness (QED) is 0.477. The number of hydrogen-bond acceptors (Lipinski definition) is 6. The molecule has 2 N–H and O–H groups in total. The minimum Gasteiger partial charge on any atom is -0.504 e. The molecule has 1 heterocycles. The fraction of sp³-hybridized carbons (Fsp3) is 0.0588. The Hall–Kier alpha value is -2.38. The van der Waals surface area contributed by atoms with Crippen molar-refractivity contribution in [3.8, 4) is 22.8 Å². The number of thiazole rings is 1. The molecule has 3 rings (SSSR count). The minimum absolute atomic E-state index is 0.0988. The number of hydrazone groups is 1. The molecule has 0 aliphatic carbocycles. The normalized spacial score (nSPS) is 10.9. The standard InChI is InChI=1S/C17H14BrN3O2S/c1-23-16-8-11(2-7-15(16)22)9-19-21-17-20-14(10-24-17)12-3-5-13(18)6-4-12/h2-10,22H,1H3,(H,20,21). The van der Waals surface area contributed by atoms with Crippen molar-refractivity contribution in [2.45, 2.75) is 0 Å². The van der Waals surface area contributed by atoms with Crippen molar-refractivity contribution < 1.29 is 9.84 Å². The Morgan fingerprint density at radius 2 is 2.04 bits per heavy atom. The van der Waals surface area contributed by atoms with Gasteiger partial charge in [0, 0.05) is 15.4 Å². The third-order valence-corrected chi connectivity index (χ3v) is 4.50. The van der Waals surface area contributed by atoms with Crippen LogP contribution in [0.25, 0.3) is 11.3 Å². The average molecular weight is 404 g/mol. The zero-order valence-electron chi connectivity index (χ0n) is 12.7. The average Bonchev–Trinajstić information content (AvgIpc) is 3.06. The van der Waals surface area contributed by atoms with Crippen LogP contribution in [0.3, 0.4) is 0 Å². The fourth-order valence-corrected chi connectivity index (χ4v) is 2.95. The Morgan fingerprint density at radius 3 is 2.79 bits per heavy atom. The molecular formula is C17H14BrN3O2S. The van der Waals surface area contributed by atoms with E-state index in [9.17, 15) is 5.11 Å². The monoisotopic (exact) mass is 403 g/mol. The molecule has 0 spiro atoms. The van der Waals surface area contributed by atoms with Crippen LogP contribution in [0.4, 0.5) is 5.13 Å². The van der Waals surface area contributed by atoms with Gasteiger partial charge in [0.2, 0.25) is 5.13 Å². The number of halogens is 1. The highest BCUT2D eigenvalue weighted by Gasteiger charge is 2.04. The molecule has 5 nitrogen and oxygen atoms in total. The van der Waals surface area contributed by atoms with Crippen LogP contribution in [0.2, 0.25) is 0 Å². The third kappa shape index (κ3) is 3.93. The van der Waals surface area contributed by atoms with Crippen LogP contribution < -0.4 is 10.2 Å². The van der Waals surface area contributed by atoms with Gasteiger partial charge in [-0.3, -0.25) is 5.43 Å². The van der Waals surface area contributed by atoms with Crippen LogP contribution in [0.5, 0.6) is 11.5 Å². The molecule has 0 radical (unpaired) electrons. The molecule has 0 bridgehead atoms.